The van der Waals surface area contributed by atoms with Gasteiger partial charge in [0.15, 0.2) is 0 Å². The molecule has 0 bridgehead atoms. The van der Waals surface area contributed by atoms with Gasteiger partial charge in [-0.3, -0.25) is 4.90 Å². The molecule has 1 atom stereocenters. The molecule has 1 aliphatic rings. The van der Waals surface area contributed by atoms with Crippen LogP contribution in [0.4, 0.5) is 0 Å². The Morgan fingerprint density at radius 1 is 1.33 bits per heavy atom. The van der Waals surface area contributed by atoms with Crippen LogP contribution < -0.4 is 5.32 Å². The summed E-state index contributed by atoms with van der Waals surface area (Å²) in [5.41, 5.74) is 4.28. The summed E-state index contributed by atoms with van der Waals surface area (Å²) in [6.45, 7) is 9.16. The van der Waals surface area contributed by atoms with Gasteiger partial charge in [0.05, 0.1) is 0 Å². The van der Waals surface area contributed by atoms with Crippen molar-refractivity contribution < 1.29 is 0 Å². The molecule has 2 nitrogen and oxygen atoms in total. The minimum absolute atomic E-state index is 0. The van der Waals surface area contributed by atoms with E-state index in [1.807, 2.05) is 7.05 Å². The van der Waals surface area contributed by atoms with E-state index in [2.05, 4.69) is 42.3 Å². The maximum atomic E-state index is 3.29. The van der Waals surface area contributed by atoms with Gasteiger partial charge < -0.3 is 5.32 Å². The normalized spacial score (nSPS) is 19.8. The third kappa shape index (κ3) is 3.98. The summed E-state index contributed by atoms with van der Waals surface area (Å²) in [5.74, 6) is 0.839. The smallest absolute Gasteiger partial charge is 0.0236 e. The molecule has 3 heteroatoms. The maximum Gasteiger partial charge on any atom is 0.0236 e. The van der Waals surface area contributed by atoms with Gasteiger partial charge in [-0.1, -0.05) is 23.8 Å². The van der Waals surface area contributed by atoms with Gasteiger partial charge in [-0.05, 0) is 57.5 Å². The minimum atomic E-state index is 0. The van der Waals surface area contributed by atoms with E-state index in [0.717, 1.165) is 19.0 Å². The van der Waals surface area contributed by atoms with Crippen LogP contribution in [0, 0.1) is 19.8 Å². The average molecular weight is 269 g/mol. The summed E-state index contributed by atoms with van der Waals surface area (Å²) >= 11 is 0. The number of likely N-dealkylation sites (tertiary alicyclic amines) is 1. The van der Waals surface area contributed by atoms with Crippen LogP contribution >= 0.6 is 12.4 Å². The third-order valence-electron chi connectivity index (χ3n) is 3.75. The van der Waals surface area contributed by atoms with E-state index >= 15 is 0 Å². The first-order chi connectivity index (χ1) is 8.19. The van der Waals surface area contributed by atoms with Crippen molar-refractivity contribution in [3.63, 3.8) is 0 Å². The summed E-state index contributed by atoms with van der Waals surface area (Å²) < 4.78 is 0. The highest BCUT2D eigenvalue weighted by atomic mass is 35.5. The van der Waals surface area contributed by atoms with Crippen LogP contribution in [0.5, 0.6) is 0 Å². The Hall–Kier alpha value is -0.570. The van der Waals surface area contributed by atoms with Gasteiger partial charge in [-0.2, -0.15) is 0 Å². The van der Waals surface area contributed by atoms with E-state index in [1.165, 1.54) is 36.2 Å². The minimum Gasteiger partial charge on any atom is -0.319 e. The van der Waals surface area contributed by atoms with Gasteiger partial charge in [-0.25, -0.2) is 0 Å². The van der Waals surface area contributed by atoms with Crippen LogP contribution in [0.25, 0.3) is 0 Å². The Morgan fingerprint density at radius 3 is 2.78 bits per heavy atom. The van der Waals surface area contributed by atoms with Crippen molar-refractivity contribution in [1.29, 1.82) is 0 Å². The molecule has 1 unspecified atom stereocenters. The second-order valence-corrected chi connectivity index (χ2v) is 5.38. The topological polar surface area (TPSA) is 15.3 Å². The number of halogens is 1. The molecule has 0 saturated carbocycles. The Bertz CT molecular complexity index is 379. The second-order valence-electron chi connectivity index (χ2n) is 5.38. The molecule has 2 rings (SSSR count). The van der Waals surface area contributed by atoms with Crippen LogP contribution in [0.2, 0.25) is 0 Å². The Balaban J connectivity index is 0.00000162. The molecule has 0 radical (unpaired) electrons. The fourth-order valence-electron chi connectivity index (χ4n) is 2.78. The SMILES string of the molecule is CNCC1CCN(Cc2ccc(C)cc2C)C1.Cl. The number of nitrogens with one attached hydrogen (secondary N) is 1. The lowest BCUT2D eigenvalue weighted by molar-refractivity contribution is 0.315. The number of nitrogens with zero attached hydrogens (tertiary/aromatic N) is 1. The summed E-state index contributed by atoms with van der Waals surface area (Å²) in [4.78, 5) is 2.58. The maximum absolute atomic E-state index is 3.29. The highest BCUT2D eigenvalue weighted by molar-refractivity contribution is 5.85. The zero-order valence-electron chi connectivity index (χ0n) is 11.7. The first kappa shape index (κ1) is 15.5. The molecular weight excluding hydrogens is 244 g/mol. The summed E-state index contributed by atoms with van der Waals surface area (Å²) in [6, 6.07) is 6.80. The van der Waals surface area contributed by atoms with Crippen LogP contribution in [0.1, 0.15) is 23.1 Å². The molecule has 1 aromatic rings. The first-order valence-corrected chi connectivity index (χ1v) is 6.62. The first-order valence-electron chi connectivity index (χ1n) is 6.62. The molecule has 1 saturated heterocycles. The summed E-state index contributed by atoms with van der Waals surface area (Å²) in [5, 5.41) is 3.29. The van der Waals surface area contributed by atoms with Crippen molar-refractivity contribution in [2.45, 2.75) is 26.8 Å². The van der Waals surface area contributed by atoms with Gasteiger partial charge in [0.25, 0.3) is 0 Å². The van der Waals surface area contributed by atoms with Crippen molar-refractivity contribution in [3.05, 3.63) is 34.9 Å². The number of hydrogen-bond donors (Lipinski definition) is 1. The van der Waals surface area contributed by atoms with E-state index in [1.54, 1.807) is 0 Å². The lowest BCUT2D eigenvalue weighted by Crippen LogP contribution is -2.24. The monoisotopic (exact) mass is 268 g/mol. The highest BCUT2D eigenvalue weighted by Gasteiger charge is 2.21. The third-order valence-corrected chi connectivity index (χ3v) is 3.75. The van der Waals surface area contributed by atoms with Crippen molar-refractivity contribution in [2.24, 2.45) is 5.92 Å². The molecule has 0 spiro atoms. The zero-order chi connectivity index (χ0) is 12.3. The Labute approximate surface area is 117 Å². The highest BCUT2D eigenvalue weighted by Crippen LogP contribution is 2.20. The number of aryl methyl sites for hydroxylation is 2. The van der Waals surface area contributed by atoms with Gasteiger partial charge in [-0.15, -0.1) is 12.4 Å². The molecule has 0 amide bonds. The molecule has 1 fully saturated rings. The fraction of sp³-hybridized carbons (Fsp3) is 0.600. The molecule has 0 aromatic heterocycles. The van der Waals surface area contributed by atoms with E-state index in [0.29, 0.717) is 0 Å². The van der Waals surface area contributed by atoms with Crippen LogP contribution in [-0.2, 0) is 6.54 Å². The average Bonchev–Trinajstić information content (AvgIpc) is 2.71. The van der Waals surface area contributed by atoms with Crippen LogP contribution in [0.15, 0.2) is 18.2 Å². The van der Waals surface area contributed by atoms with E-state index < -0.39 is 0 Å². The van der Waals surface area contributed by atoms with E-state index in [9.17, 15) is 0 Å². The lowest BCUT2D eigenvalue weighted by Gasteiger charge is -2.17. The molecule has 102 valence electrons. The van der Waals surface area contributed by atoms with Crippen molar-refractivity contribution in [1.82, 2.24) is 10.2 Å². The molecule has 1 aliphatic heterocycles. The van der Waals surface area contributed by atoms with Gasteiger partial charge in [0.1, 0.15) is 0 Å². The molecule has 1 N–H and O–H groups in total. The largest absolute Gasteiger partial charge is 0.319 e. The van der Waals surface area contributed by atoms with Crippen molar-refractivity contribution in [3.8, 4) is 0 Å². The quantitative estimate of drug-likeness (QED) is 0.903. The van der Waals surface area contributed by atoms with Gasteiger partial charge in [0.2, 0.25) is 0 Å². The predicted octanol–water partition coefficient (Wildman–Crippen LogP) is 2.77. The van der Waals surface area contributed by atoms with E-state index in [-0.39, 0.29) is 12.4 Å². The number of hydrogen-bond acceptors (Lipinski definition) is 2. The Kier molecular flexibility index (Phi) is 6.13. The lowest BCUT2D eigenvalue weighted by atomic mass is 10.1. The molecular formula is C15H25ClN2. The molecule has 1 aromatic carbocycles. The molecule has 0 aliphatic carbocycles. The second kappa shape index (κ2) is 7.13. The molecule has 18 heavy (non-hydrogen) atoms. The Morgan fingerprint density at radius 2 is 2.11 bits per heavy atom. The zero-order valence-corrected chi connectivity index (χ0v) is 12.5. The summed E-state index contributed by atoms with van der Waals surface area (Å²) in [7, 11) is 2.05. The van der Waals surface area contributed by atoms with Crippen molar-refractivity contribution in [2.75, 3.05) is 26.7 Å². The van der Waals surface area contributed by atoms with Crippen molar-refractivity contribution >= 4 is 12.4 Å². The van der Waals surface area contributed by atoms with Crippen LogP contribution in [-0.4, -0.2) is 31.6 Å². The molecule has 1 heterocycles. The van der Waals surface area contributed by atoms with Gasteiger partial charge in [0, 0.05) is 13.1 Å². The number of rotatable bonds is 4. The summed E-state index contributed by atoms with van der Waals surface area (Å²) in [6.07, 6.45) is 1.34. The van der Waals surface area contributed by atoms with Crippen LogP contribution in [0.3, 0.4) is 0 Å². The standard InChI is InChI=1S/C15H24N2.ClH/c1-12-4-5-15(13(2)8-12)11-17-7-6-14(10-17)9-16-3;/h4-5,8,14,16H,6-7,9-11H2,1-3H3;1H. The predicted molar refractivity (Wildman–Crippen MR) is 80.5 cm³/mol. The fourth-order valence-corrected chi connectivity index (χ4v) is 2.78. The van der Waals surface area contributed by atoms with Gasteiger partial charge >= 0.3 is 0 Å². The van der Waals surface area contributed by atoms with E-state index in [4.69, 9.17) is 0 Å². The number of benzene rings is 1.